The van der Waals surface area contributed by atoms with Crippen molar-refractivity contribution in [2.75, 3.05) is 0 Å². The summed E-state index contributed by atoms with van der Waals surface area (Å²) in [6.45, 7) is 7.66. The number of rotatable bonds is 2. The molecule has 7 heteroatoms. The molecule has 122 valence electrons. The minimum atomic E-state index is -0.663. The van der Waals surface area contributed by atoms with Crippen molar-refractivity contribution in [2.45, 2.75) is 44.3 Å². The van der Waals surface area contributed by atoms with Crippen molar-refractivity contribution >= 4 is 22.6 Å². The first-order valence-corrected chi connectivity index (χ1v) is 7.94. The van der Waals surface area contributed by atoms with E-state index in [0.29, 0.717) is 5.65 Å². The van der Waals surface area contributed by atoms with E-state index in [-0.39, 0.29) is 34.7 Å². The van der Waals surface area contributed by atoms with Gasteiger partial charge in [-0.25, -0.2) is 14.4 Å². The Morgan fingerprint density at radius 1 is 1.39 bits per heavy atom. The molecule has 3 heterocycles. The van der Waals surface area contributed by atoms with Gasteiger partial charge in [-0.15, -0.1) is 6.58 Å². The van der Waals surface area contributed by atoms with Gasteiger partial charge < -0.3 is 14.0 Å². The fourth-order valence-corrected chi connectivity index (χ4v) is 3.97. The minimum Gasteiger partial charge on any atom is -0.344 e. The Morgan fingerprint density at radius 3 is 2.87 bits per heavy atom. The Bertz CT molecular complexity index is 791. The zero-order valence-electron chi connectivity index (χ0n) is 12.9. The van der Waals surface area contributed by atoms with Gasteiger partial charge in [0.2, 0.25) is 0 Å². The van der Waals surface area contributed by atoms with Crippen molar-refractivity contribution in [1.82, 2.24) is 14.5 Å². The van der Waals surface area contributed by atoms with Crippen molar-refractivity contribution in [1.29, 1.82) is 0 Å². The van der Waals surface area contributed by atoms with Gasteiger partial charge in [0.1, 0.15) is 23.2 Å². The molecule has 0 amide bonds. The van der Waals surface area contributed by atoms with Crippen LogP contribution in [0.1, 0.15) is 26.3 Å². The fourth-order valence-electron chi connectivity index (χ4n) is 3.75. The smallest absolute Gasteiger partial charge is 0.163 e. The van der Waals surface area contributed by atoms with E-state index in [1.54, 1.807) is 4.57 Å². The summed E-state index contributed by atoms with van der Waals surface area (Å²) in [7, 11) is 0. The van der Waals surface area contributed by atoms with Gasteiger partial charge in [0.15, 0.2) is 11.6 Å². The lowest BCUT2D eigenvalue weighted by molar-refractivity contribution is -0.158. The Morgan fingerprint density at radius 2 is 2.13 bits per heavy atom. The Labute approximate surface area is 138 Å². The second kappa shape index (κ2) is 5.00. The molecule has 5 nitrogen and oxygen atoms in total. The summed E-state index contributed by atoms with van der Waals surface area (Å²) >= 11 is 6.02. The molecule has 4 atom stereocenters. The maximum Gasteiger partial charge on any atom is 0.163 e. The third-order valence-corrected chi connectivity index (χ3v) is 4.94. The van der Waals surface area contributed by atoms with Crippen LogP contribution in [0.3, 0.4) is 0 Å². The second-order valence-corrected chi connectivity index (χ2v) is 6.87. The van der Waals surface area contributed by atoms with Crippen LogP contribution in [-0.2, 0) is 9.47 Å². The largest absolute Gasteiger partial charge is 0.344 e. The molecular weight excluding hydrogens is 321 g/mol. The molecule has 1 saturated heterocycles. The van der Waals surface area contributed by atoms with Crippen LogP contribution in [0.2, 0.25) is 5.15 Å². The maximum absolute atomic E-state index is 14.3. The number of aromatic nitrogens is 3. The van der Waals surface area contributed by atoms with Gasteiger partial charge in [0.05, 0.1) is 17.5 Å². The van der Waals surface area contributed by atoms with Crippen LogP contribution in [0.5, 0.6) is 0 Å². The highest BCUT2D eigenvalue weighted by Crippen LogP contribution is 2.48. The molecular formula is C16H17ClFN3O2. The van der Waals surface area contributed by atoms with E-state index in [0.717, 1.165) is 6.42 Å². The van der Waals surface area contributed by atoms with Crippen molar-refractivity contribution in [2.24, 2.45) is 5.92 Å². The van der Waals surface area contributed by atoms with Gasteiger partial charge in [-0.2, -0.15) is 0 Å². The van der Waals surface area contributed by atoms with Crippen molar-refractivity contribution in [3.63, 3.8) is 0 Å². The van der Waals surface area contributed by atoms with E-state index < -0.39 is 11.6 Å². The molecule has 1 aliphatic carbocycles. The molecule has 0 radical (unpaired) electrons. The number of hydrogen-bond acceptors (Lipinski definition) is 4. The normalized spacial score (nSPS) is 32.3. The SMILES string of the molecule is C=C[C@H]1C[C@@H](n2cc(F)c3c(Cl)ncnc32)[C@@H]2OC(C)(C)O[C@@H]21. The van der Waals surface area contributed by atoms with E-state index in [4.69, 9.17) is 21.1 Å². The van der Waals surface area contributed by atoms with Crippen LogP contribution < -0.4 is 0 Å². The summed E-state index contributed by atoms with van der Waals surface area (Å²) in [5.41, 5.74) is 0.476. The zero-order valence-corrected chi connectivity index (χ0v) is 13.6. The van der Waals surface area contributed by atoms with Gasteiger partial charge in [-0.1, -0.05) is 17.7 Å². The second-order valence-electron chi connectivity index (χ2n) is 6.51. The first-order valence-electron chi connectivity index (χ1n) is 7.56. The van der Waals surface area contributed by atoms with E-state index in [1.165, 1.54) is 12.5 Å². The van der Waals surface area contributed by atoms with E-state index in [9.17, 15) is 4.39 Å². The molecule has 23 heavy (non-hydrogen) atoms. The van der Waals surface area contributed by atoms with Crippen LogP contribution >= 0.6 is 11.6 Å². The maximum atomic E-state index is 14.3. The monoisotopic (exact) mass is 337 g/mol. The first-order chi connectivity index (χ1) is 10.9. The quantitative estimate of drug-likeness (QED) is 0.621. The minimum absolute atomic E-state index is 0.0923. The molecule has 2 aromatic heterocycles. The summed E-state index contributed by atoms with van der Waals surface area (Å²) in [4.78, 5) is 8.07. The molecule has 0 spiro atoms. The van der Waals surface area contributed by atoms with E-state index in [1.807, 2.05) is 19.9 Å². The molecule has 0 N–H and O–H groups in total. The van der Waals surface area contributed by atoms with Gasteiger partial charge in [-0.3, -0.25) is 0 Å². The molecule has 2 fully saturated rings. The highest BCUT2D eigenvalue weighted by atomic mass is 35.5. The average molecular weight is 338 g/mol. The number of nitrogens with zero attached hydrogens (tertiary/aromatic N) is 3. The van der Waals surface area contributed by atoms with Crippen molar-refractivity contribution in [3.8, 4) is 0 Å². The topological polar surface area (TPSA) is 49.2 Å². The van der Waals surface area contributed by atoms with E-state index in [2.05, 4.69) is 16.5 Å². The number of fused-ring (bicyclic) bond motifs is 2. The molecule has 0 aromatic carbocycles. The number of halogens is 2. The standard InChI is InChI=1S/C16H17ClFN3O2/c1-4-8-5-10(13-12(8)22-16(2,3)23-13)21-6-9(18)11-14(17)19-7-20-15(11)21/h4,6-8,10,12-13H,1,5H2,2-3H3/t8-,10+,12+,13-/m0/s1. The summed E-state index contributed by atoms with van der Waals surface area (Å²) in [5, 5.41) is 0.357. The Hall–Kier alpha value is -1.50. The van der Waals surface area contributed by atoms with Gasteiger partial charge in [-0.05, 0) is 20.3 Å². The third kappa shape index (κ3) is 2.20. The lowest BCUT2D eigenvalue weighted by Gasteiger charge is -2.23. The molecule has 2 aromatic rings. The van der Waals surface area contributed by atoms with Gasteiger partial charge >= 0.3 is 0 Å². The van der Waals surface area contributed by atoms with Gasteiger partial charge in [0.25, 0.3) is 0 Å². The van der Waals surface area contributed by atoms with Crippen molar-refractivity contribution < 1.29 is 13.9 Å². The lowest BCUT2D eigenvalue weighted by atomic mass is 10.1. The Kier molecular flexibility index (Phi) is 3.27. The summed E-state index contributed by atoms with van der Waals surface area (Å²) in [5.74, 6) is -0.949. The highest BCUT2D eigenvalue weighted by molar-refractivity contribution is 6.34. The predicted octanol–water partition coefficient (Wildman–Crippen LogP) is 3.49. The summed E-state index contributed by atoms with van der Waals surface area (Å²) in [6.07, 6.45) is 5.12. The molecule has 0 bridgehead atoms. The van der Waals surface area contributed by atoms with Crippen LogP contribution in [-0.4, -0.2) is 32.5 Å². The molecule has 1 saturated carbocycles. The number of ether oxygens (including phenoxy) is 2. The summed E-state index contributed by atoms with van der Waals surface area (Å²) < 4.78 is 28.2. The lowest BCUT2D eigenvalue weighted by Crippen LogP contribution is -2.27. The van der Waals surface area contributed by atoms with Crippen LogP contribution in [0.25, 0.3) is 11.0 Å². The molecule has 4 rings (SSSR count). The van der Waals surface area contributed by atoms with Crippen LogP contribution in [0.15, 0.2) is 25.2 Å². The molecule has 2 aliphatic rings. The third-order valence-electron chi connectivity index (χ3n) is 4.66. The fraction of sp³-hybridized carbons (Fsp3) is 0.500. The average Bonchev–Trinajstić information content (AvgIpc) is 3.08. The zero-order chi connectivity index (χ0) is 16.4. The van der Waals surface area contributed by atoms with Crippen molar-refractivity contribution in [3.05, 3.63) is 36.1 Å². The first kappa shape index (κ1) is 15.1. The summed E-state index contributed by atoms with van der Waals surface area (Å²) in [6, 6.07) is -0.0947. The molecule has 1 aliphatic heterocycles. The van der Waals surface area contributed by atoms with E-state index >= 15 is 0 Å². The van der Waals surface area contributed by atoms with Gasteiger partial charge in [0, 0.05) is 12.1 Å². The molecule has 0 unspecified atom stereocenters. The highest BCUT2D eigenvalue weighted by Gasteiger charge is 2.54. The predicted molar refractivity (Wildman–Crippen MR) is 83.7 cm³/mol. The van der Waals surface area contributed by atoms with Crippen LogP contribution in [0.4, 0.5) is 4.39 Å². The van der Waals surface area contributed by atoms with Crippen LogP contribution in [0, 0.1) is 11.7 Å². The number of hydrogen-bond donors (Lipinski definition) is 0. The Balaban J connectivity index is 1.82.